The molecule has 1 N–H and O–H groups in total. The molecule has 3 rings (SSSR count). The molecule has 8 heteroatoms. The number of ether oxygens (including phenoxy) is 2. The lowest BCUT2D eigenvalue weighted by molar-refractivity contribution is -0.113. The van der Waals surface area contributed by atoms with Crippen molar-refractivity contribution in [1.82, 2.24) is 4.57 Å². The summed E-state index contributed by atoms with van der Waals surface area (Å²) in [6.45, 7) is 6.01. The highest BCUT2D eigenvalue weighted by molar-refractivity contribution is 8.00. The van der Waals surface area contributed by atoms with E-state index < -0.39 is 5.97 Å². The Bertz CT molecular complexity index is 966. The molecule has 0 saturated heterocycles. The van der Waals surface area contributed by atoms with Crippen molar-refractivity contribution in [2.75, 3.05) is 31.4 Å². The maximum Gasteiger partial charge on any atom is 0.338 e. The molecular weight excluding hydrogens is 392 g/mol. The number of hydrogen-bond acceptors (Lipinski definition) is 6. The molecule has 0 fully saturated rings. The molecule has 1 amide bonds. The van der Waals surface area contributed by atoms with Crippen LogP contribution in [0, 0.1) is 13.8 Å². The van der Waals surface area contributed by atoms with Crippen molar-refractivity contribution in [3.05, 3.63) is 46.8 Å². The highest BCUT2D eigenvalue weighted by atomic mass is 32.2. The minimum absolute atomic E-state index is 0.0904. The molecule has 2 heterocycles. The molecule has 0 bridgehead atoms. The van der Waals surface area contributed by atoms with Crippen LogP contribution in [0.3, 0.4) is 0 Å². The van der Waals surface area contributed by atoms with Gasteiger partial charge in [0.25, 0.3) is 0 Å². The lowest BCUT2D eigenvalue weighted by Crippen LogP contribution is -2.20. The van der Waals surface area contributed by atoms with Gasteiger partial charge in [0.2, 0.25) is 11.7 Å². The summed E-state index contributed by atoms with van der Waals surface area (Å²) in [4.78, 5) is 37.4. The number of amides is 1. The Morgan fingerprint density at radius 3 is 2.76 bits per heavy atom. The molecule has 0 spiro atoms. The van der Waals surface area contributed by atoms with Gasteiger partial charge in [0.1, 0.15) is 0 Å². The normalized spacial score (nSPS) is 14.1. The molecule has 29 heavy (non-hydrogen) atoms. The number of nitrogens with zero attached hydrogens (tertiary/aromatic N) is 1. The molecular formula is C21H24N2O5S. The van der Waals surface area contributed by atoms with E-state index in [-0.39, 0.29) is 24.3 Å². The maximum absolute atomic E-state index is 12.6. The Morgan fingerprint density at radius 2 is 2.03 bits per heavy atom. The van der Waals surface area contributed by atoms with Gasteiger partial charge in [-0.05, 0) is 45.0 Å². The fraction of sp³-hybridized carbons (Fsp3) is 0.381. The largest absolute Gasteiger partial charge is 0.454 e. The molecule has 1 aliphatic heterocycles. The summed E-state index contributed by atoms with van der Waals surface area (Å²) in [6, 6.07) is 6.87. The van der Waals surface area contributed by atoms with Crippen LogP contribution in [-0.4, -0.2) is 48.3 Å². The molecule has 1 aromatic heterocycles. The van der Waals surface area contributed by atoms with Gasteiger partial charge in [-0.25, -0.2) is 4.79 Å². The van der Waals surface area contributed by atoms with Gasteiger partial charge in [-0.1, -0.05) is 0 Å². The molecule has 0 saturated carbocycles. The SMILES string of the molecule is COC[C@@H](C)n1c(C)cc(C(=O)COC(=O)c2ccc3c(c2)NC(=O)CS3)c1C. The molecule has 0 aliphatic carbocycles. The Kier molecular flexibility index (Phi) is 6.44. The number of carbonyl (C=O) groups excluding carboxylic acids is 3. The highest BCUT2D eigenvalue weighted by Gasteiger charge is 2.21. The lowest BCUT2D eigenvalue weighted by atomic mass is 10.1. The smallest absolute Gasteiger partial charge is 0.338 e. The number of hydrogen-bond donors (Lipinski definition) is 1. The van der Waals surface area contributed by atoms with Gasteiger partial charge >= 0.3 is 5.97 Å². The van der Waals surface area contributed by atoms with E-state index in [1.54, 1.807) is 25.3 Å². The fourth-order valence-electron chi connectivity index (χ4n) is 3.56. The quantitative estimate of drug-likeness (QED) is 0.550. The number of carbonyl (C=O) groups is 3. The van der Waals surface area contributed by atoms with Crippen LogP contribution in [0.4, 0.5) is 5.69 Å². The van der Waals surface area contributed by atoms with Crippen molar-refractivity contribution in [2.45, 2.75) is 31.7 Å². The zero-order valence-corrected chi connectivity index (χ0v) is 17.7. The van der Waals surface area contributed by atoms with E-state index in [1.807, 2.05) is 31.4 Å². The Balaban J connectivity index is 1.68. The minimum atomic E-state index is -0.604. The zero-order valence-electron chi connectivity index (χ0n) is 16.9. The van der Waals surface area contributed by atoms with Crippen LogP contribution in [0.1, 0.15) is 45.1 Å². The van der Waals surface area contributed by atoms with E-state index in [1.165, 1.54) is 11.8 Å². The second kappa shape index (κ2) is 8.84. The predicted molar refractivity (Wildman–Crippen MR) is 111 cm³/mol. The molecule has 7 nitrogen and oxygen atoms in total. The summed E-state index contributed by atoms with van der Waals surface area (Å²) >= 11 is 1.41. The van der Waals surface area contributed by atoms with Crippen LogP contribution < -0.4 is 5.32 Å². The average molecular weight is 416 g/mol. The summed E-state index contributed by atoms with van der Waals surface area (Å²) in [5, 5.41) is 2.74. The number of nitrogens with one attached hydrogen (secondary N) is 1. The maximum atomic E-state index is 12.6. The first-order valence-electron chi connectivity index (χ1n) is 9.26. The topological polar surface area (TPSA) is 86.6 Å². The lowest BCUT2D eigenvalue weighted by Gasteiger charge is -2.17. The molecule has 0 unspecified atom stereocenters. The van der Waals surface area contributed by atoms with Crippen LogP contribution in [0.5, 0.6) is 0 Å². The van der Waals surface area contributed by atoms with Gasteiger partial charge in [-0.2, -0.15) is 0 Å². The first kappa shape index (κ1) is 21.1. The Hall–Kier alpha value is -2.58. The number of anilines is 1. The predicted octanol–water partition coefficient (Wildman–Crippen LogP) is 3.40. The van der Waals surface area contributed by atoms with Crippen molar-refractivity contribution in [3.8, 4) is 0 Å². The number of Topliss-reactive ketones (excluding diaryl/α,β-unsaturated/α-hetero) is 1. The van der Waals surface area contributed by atoms with Crippen molar-refractivity contribution >= 4 is 35.1 Å². The standard InChI is InChI=1S/C21H24N2O5S/c1-12-7-16(14(3)23(12)13(2)9-27-4)18(24)10-28-21(26)15-5-6-19-17(8-15)22-20(25)11-29-19/h5-8,13H,9-11H2,1-4H3,(H,22,25)/t13-/m1/s1. The van der Waals surface area contributed by atoms with E-state index in [2.05, 4.69) is 5.32 Å². The highest BCUT2D eigenvalue weighted by Crippen LogP contribution is 2.32. The number of esters is 1. The van der Waals surface area contributed by atoms with Crippen LogP contribution in [0.2, 0.25) is 0 Å². The molecule has 1 aromatic carbocycles. The number of benzene rings is 1. The monoisotopic (exact) mass is 416 g/mol. The Labute approximate surface area is 173 Å². The fourth-order valence-corrected chi connectivity index (χ4v) is 4.34. The van der Waals surface area contributed by atoms with Gasteiger partial charge in [0.05, 0.1) is 29.7 Å². The van der Waals surface area contributed by atoms with E-state index in [0.29, 0.717) is 29.2 Å². The molecule has 1 aliphatic rings. The third kappa shape index (κ3) is 4.54. The van der Waals surface area contributed by atoms with Gasteiger partial charge in [-0.3, -0.25) is 9.59 Å². The second-order valence-corrected chi connectivity index (χ2v) is 8.02. The Morgan fingerprint density at radius 1 is 1.28 bits per heavy atom. The van der Waals surface area contributed by atoms with Gasteiger partial charge in [0.15, 0.2) is 6.61 Å². The van der Waals surface area contributed by atoms with Crippen molar-refractivity contribution in [3.63, 3.8) is 0 Å². The number of rotatable bonds is 7. The zero-order chi connectivity index (χ0) is 21.1. The molecule has 1 atom stereocenters. The van der Waals surface area contributed by atoms with Crippen molar-refractivity contribution < 1.29 is 23.9 Å². The number of fused-ring (bicyclic) bond motifs is 1. The van der Waals surface area contributed by atoms with Gasteiger partial charge < -0.3 is 19.4 Å². The summed E-state index contributed by atoms with van der Waals surface area (Å²) in [5.74, 6) is -0.620. The van der Waals surface area contributed by atoms with Crippen LogP contribution in [0.15, 0.2) is 29.2 Å². The number of methoxy groups -OCH3 is 1. The summed E-state index contributed by atoms with van der Waals surface area (Å²) in [5.41, 5.74) is 3.18. The molecule has 2 aromatic rings. The van der Waals surface area contributed by atoms with Crippen LogP contribution in [-0.2, 0) is 14.3 Å². The van der Waals surface area contributed by atoms with Gasteiger partial charge in [0, 0.05) is 29.0 Å². The third-order valence-corrected chi connectivity index (χ3v) is 5.89. The number of thioether (sulfide) groups is 1. The summed E-state index contributed by atoms with van der Waals surface area (Å²) in [7, 11) is 1.64. The summed E-state index contributed by atoms with van der Waals surface area (Å²) in [6.07, 6.45) is 0. The minimum Gasteiger partial charge on any atom is -0.454 e. The van der Waals surface area contributed by atoms with E-state index >= 15 is 0 Å². The van der Waals surface area contributed by atoms with Crippen molar-refractivity contribution in [2.24, 2.45) is 0 Å². The number of aryl methyl sites for hydroxylation is 1. The number of ketones is 1. The first-order chi connectivity index (χ1) is 13.8. The number of aromatic nitrogens is 1. The summed E-state index contributed by atoms with van der Waals surface area (Å²) < 4.78 is 12.5. The second-order valence-electron chi connectivity index (χ2n) is 7.01. The van der Waals surface area contributed by atoms with Crippen LogP contribution in [0.25, 0.3) is 0 Å². The van der Waals surface area contributed by atoms with Crippen molar-refractivity contribution in [1.29, 1.82) is 0 Å². The first-order valence-corrected chi connectivity index (χ1v) is 10.2. The molecule has 154 valence electrons. The van der Waals surface area contributed by atoms with E-state index in [0.717, 1.165) is 16.3 Å². The van der Waals surface area contributed by atoms with E-state index in [4.69, 9.17) is 9.47 Å². The van der Waals surface area contributed by atoms with Gasteiger partial charge in [-0.15, -0.1) is 11.8 Å². The molecule has 0 radical (unpaired) electrons. The van der Waals surface area contributed by atoms with E-state index in [9.17, 15) is 14.4 Å². The van der Waals surface area contributed by atoms with Crippen LogP contribution >= 0.6 is 11.8 Å². The third-order valence-electron chi connectivity index (χ3n) is 4.82. The average Bonchev–Trinajstić information content (AvgIpc) is 2.99.